The van der Waals surface area contributed by atoms with Crippen LogP contribution in [-0.2, 0) is 4.79 Å². The molecule has 0 radical (unpaired) electrons. The standard InChI is InChI=1S/C14H21ClN2OS/c1-3-4-5-7-11(2)17-13(18)10-19-14-12(15)8-6-9-16-14/h6,8-9,11H,3-5,7,10H2,1-2H3,(H,17,18). The van der Waals surface area contributed by atoms with E-state index in [0.29, 0.717) is 15.8 Å². The third-order valence-corrected chi connectivity index (χ3v) is 4.14. The van der Waals surface area contributed by atoms with Crippen LogP contribution >= 0.6 is 23.4 Å². The predicted octanol–water partition coefficient (Wildman–Crippen LogP) is 3.91. The molecule has 0 saturated carbocycles. The van der Waals surface area contributed by atoms with Gasteiger partial charge in [0.2, 0.25) is 5.91 Å². The number of rotatable bonds is 8. The molecule has 19 heavy (non-hydrogen) atoms. The lowest BCUT2D eigenvalue weighted by Gasteiger charge is -2.13. The zero-order valence-corrected chi connectivity index (χ0v) is 13.1. The number of carbonyl (C=O) groups excluding carboxylic acids is 1. The van der Waals surface area contributed by atoms with Gasteiger partial charge in [-0.05, 0) is 25.5 Å². The van der Waals surface area contributed by atoms with E-state index in [4.69, 9.17) is 11.6 Å². The molecule has 0 aliphatic heterocycles. The maximum absolute atomic E-state index is 11.8. The van der Waals surface area contributed by atoms with Crippen molar-refractivity contribution in [3.8, 4) is 0 Å². The molecule has 0 fully saturated rings. The minimum Gasteiger partial charge on any atom is -0.353 e. The van der Waals surface area contributed by atoms with E-state index in [2.05, 4.69) is 17.2 Å². The van der Waals surface area contributed by atoms with Crippen LogP contribution in [0, 0.1) is 0 Å². The maximum atomic E-state index is 11.8. The second kappa shape index (κ2) is 9.21. The van der Waals surface area contributed by atoms with Gasteiger partial charge in [0.15, 0.2) is 0 Å². The second-order valence-corrected chi connectivity index (χ2v) is 5.91. The number of aromatic nitrogens is 1. The summed E-state index contributed by atoms with van der Waals surface area (Å²) in [6.45, 7) is 4.22. The molecule has 1 aromatic rings. The molecule has 1 aromatic heterocycles. The highest BCUT2D eigenvalue weighted by atomic mass is 35.5. The largest absolute Gasteiger partial charge is 0.353 e. The number of nitrogens with zero attached hydrogens (tertiary/aromatic N) is 1. The maximum Gasteiger partial charge on any atom is 0.230 e. The molecule has 1 N–H and O–H groups in total. The number of halogens is 1. The Morgan fingerprint density at radius 2 is 2.32 bits per heavy atom. The SMILES string of the molecule is CCCCCC(C)NC(=O)CSc1ncccc1Cl. The topological polar surface area (TPSA) is 42.0 Å². The van der Waals surface area contributed by atoms with Crippen LogP contribution in [0.3, 0.4) is 0 Å². The fourth-order valence-electron chi connectivity index (χ4n) is 1.70. The van der Waals surface area contributed by atoms with Crippen LogP contribution in [0.1, 0.15) is 39.5 Å². The van der Waals surface area contributed by atoms with E-state index in [9.17, 15) is 4.79 Å². The molecule has 1 heterocycles. The molecule has 1 amide bonds. The Morgan fingerprint density at radius 3 is 3.00 bits per heavy atom. The first-order valence-corrected chi connectivity index (χ1v) is 8.02. The number of unbranched alkanes of at least 4 members (excludes halogenated alkanes) is 2. The summed E-state index contributed by atoms with van der Waals surface area (Å²) in [4.78, 5) is 15.9. The highest BCUT2D eigenvalue weighted by molar-refractivity contribution is 8.00. The summed E-state index contributed by atoms with van der Waals surface area (Å²) in [5, 5.41) is 4.30. The van der Waals surface area contributed by atoms with Gasteiger partial charge >= 0.3 is 0 Å². The quantitative estimate of drug-likeness (QED) is 0.584. The van der Waals surface area contributed by atoms with Crippen LogP contribution in [-0.4, -0.2) is 22.7 Å². The van der Waals surface area contributed by atoms with Crippen molar-refractivity contribution in [3.63, 3.8) is 0 Å². The molecule has 5 heteroatoms. The van der Waals surface area contributed by atoms with Crippen LogP contribution in [0.15, 0.2) is 23.4 Å². The molecule has 1 rings (SSSR count). The first kappa shape index (κ1) is 16.3. The molecule has 1 atom stereocenters. The predicted molar refractivity (Wildman–Crippen MR) is 81.7 cm³/mol. The highest BCUT2D eigenvalue weighted by Gasteiger charge is 2.09. The van der Waals surface area contributed by atoms with Gasteiger partial charge in [-0.25, -0.2) is 4.98 Å². The lowest BCUT2D eigenvalue weighted by molar-refractivity contribution is -0.119. The van der Waals surface area contributed by atoms with Crippen molar-refractivity contribution in [2.75, 3.05) is 5.75 Å². The second-order valence-electron chi connectivity index (χ2n) is 4.54. The van der Waals surface area contributed by atoms with Crippen molar-refractivity contribution >= 4 is 29.3 Å². The number of hydrogen-bond acceptors (Lipinski definition) is 3. The monoisotopic (exact) mass is 300 g/mol. The van der Waals surface area contributed by atoms with E-state index >= 15 is 0 Å². The Hall–Kier alpha value is -0.740. The average molecular weight is 301 g/mol. The number of thioether (sulfide) groups is 1. The van der Waals surface area contributed by atoms with E-state index in [1.807, 2.05) is 6.92 Å². The van der Waals surface area contributed by atoms with Gasteiger partial charge in [0.1, 0.15) is 5.03 Å². The summed E-state index contributed by atoms with van der Waals surface area (Å²) in [7, 11) is 0. The zero-order valence-electron chi connectivity index (χ0n) is 11.5. The molecule has 3 nitrogen and oxygen atoms in total. The summed E-state index contributed by atoms with van der Waals surface area (Å²) < 4.78 is 0. The third-order valence-electron chi connectivity index (χ3n) is 2.71. The van der Waals surface area contributed by atoms with E-state index < -0.39 is 0 Å². The van der Waals surface area contributed by atoms with Crippen LogP contribution in [0.5, 0.6) is 0 Å². The molecule has 0 aliphatic carbocycles. The van der Waals surface area contributed by atoms with E-state index in [1.54, 1.807) is 18.3 Å². The Bertz CT molecular complexity index is 401. The molecule has 0 aliphatic rings. The van der Waals surface area contributed by atoms with Crippen molar-refractivity contribution in [3.05, 3.63) is 23.4 Å². The number of pyridine rings is 1. The molecular weight excluding hydrogens is 280 g/mol. The number of carbonyl (C=O) groups is 1. The molecular formula is C14H21ClN2OS. The van der Waals surface area contributed by atoms with Gasteiger partial charge in [-0.2, -0.15) is 0 Å². The van der Waals surface area contributed by atoms with Crippen molar-refractivity contribution < 1.29 is 4.79 Å². The van der Waals surface area contributed by atoms with E-state index in [0.717, 1.165) is 12.8 Å². The Balaban J connectivity index is 2.26. The summed E-state index contributed by atoms with van der Waals surface area (Å²) >= 11 is 7.35. The van der Waals surface area contributed by atoms with Gasteiger partial charge in [-0.3, -0.25) is 4.79 Å². The van der Waals surface area contributed by atoms with Crippen LogP contribution < -0.4 is 5.32 Å². The van der Waals surface area contributed by atoms with Gasteiger partial charge in [-0.1, -0.05) is 49.5 Å². The van der Waals surface area contributed by atoms with Gasteiger partial charge in [0.05, 0.1) is 10.8 Å². The first-order chi connectivity index (χ1) is 9.13. The third kappa shape index (κ3) is 6.83. The number of nitrogens with one attached hydrogen (secondary N) is 1. The van der Waals surface area contributed by atoms with E-state index in [-0.39, 0.29) is 11.9 Å². The van der Waals surface area contributed by atoms with Gasteiger partial charge in [-0.15, -0.1) is 0 Å². The van der Waals surface area contributed by atoms with E-state index in [1.165, 1.54) is 24.6 Å². The minimum atomic E-state index is 0.0377. The van der Waals surface area contributed by atoms with Gasteiger partial charge < -0.3 is 5.32 Å². The molecule has 0 bridgehead atoms. The molecule has 0 aromatic carbocycles. The summed E-state index contributed by atoms with van der Waals surface area (Å²) in [6, 6.07) is 3.80. The first-order valence-electron chi connectivity index (χ1n) is 6.66. The Kier molecular flexibility index (Phi) is 7.91. The van der Waals surface area contributed by atoms with Crippen molar-refractivity contribution in [2.45, 2.75) is 50.6 Å². The Labute approximate surface area is 124 Å². The molecule has 106 valence electrons. The lowest BCUT2D eigenvalue weighted by Crippen LogP contribution is -2.33. The number of hydrogen-bond donors (Lipinski definition) is 1. The minimum absolute atomic E-state index is 0.0377. The summed E-state index contributed by atoms with van der Waals surface area (Å²) in [6.07, 6.45) is 6.30. The zero-order chi connectivity index (χ0) is 14.1. The molecule has 0 saturated heterocycles. The fourth-order valence-corrected chi connectivity index (χ4v) is 2.68. The fraction of sp³-hybridized carbons (Fsp3) is 0.571. The summed E-state index contributed by atoms with van der Waals surface area (Å²) in [5.41, 5.74) is 0. The molecule has 0 spiro atoms. The van der Waals surface area contributed by atoms with Gasteiger partial charge in [0, 0.05) is 12.2 Å². The average Bonchev–Trinajstić information content (AvgIpc) is 2.38. The molecule has 1 unspecified atom stereocenters. The highest BCUT2D eigenvalue weighted by Crippen LogP contribution is 2.23. The van der Waals surface area contributed by atoms with Crippen LogP contribution in [0.4, 0.5) is 0 Å². The summed E-state index contributed by atoms with van der Waals surface area (Å²) in [5.74, 6) is 0.394. The van der Waals surface area contributed by atoms with Crippen LogP contribution in [0.2, 0.25) is 5.02 Å². The van der Waals surface area contributed by atoms with Crippen LogP contribution in [0.25, 0.3) is 0 Å². The smallest absolute Gasteiger partial charge is 0.230 e. The van der Waals surface area contributed by atoms with Crippen molar-refractivity contribution in [1.29, 1.82) is 0 Å². The number of amides is 1. The van der Waals surface area contributed by atoms with Crippen molar-refractivity contribution in [2.24, 2.45) is 0 Å². The van der Waals surface area contributed by atoms with Crippen molar-refractivity contribution in [1.82, 2.24) is 10.3 Å². The Morgan fingerprint density at radius 1 is 1.53 bits per heavy atom. The lowest BCUT2D eigenvalue weighted by atomic mass is 10.1. The normalized spacial score (nSPS) is 12.2. The van der Waals surface area contributed by atoms with Gasteiger partial charge in [0.25, 0.3) is 0 Å².